The van der Waals surface area contributed by atoms with Crippen LogP contribution in [0.1, 0.15) is 28.1 Å². The highest BCUT2D eigenvalue weighted by Gasteiger charge is 2.33. The molecule has 4 aromatic carbocycles. The minimum Gasteiger partial charge on any atom is -0.371 e. The first-order chi connectivity index (χ1) is 19.5. The molecular formula is C37H38N2Si2. The zero-order valence-electron chi connectivity index (χ0n) is 25.3. The van der Waals surface area contributed by atoms with Crippen molar-refractivity contribution in [2.24, 2.45) is 0 Å². The molecule has 0 atom stereocenters. The molecule has 2 aromatic heterocycles. The smallest absolute Gasteiger partial charge is 0.153 e. The van der Waals surface area contributed by atoms with Gasteiger partial charge in [-0.25, -0.2) is 0 Å². The first kappa shape index (κ1) is 25.1. The predicted octanol–water partition coefficient (Wildman–Crippen LogP) is 10.1. The fraction of sp³-hybridized carbons (Fsp3) is 0.243. The van der Waals surface area contributed by atoms with Crippen molar-refractivity contribution in [1.82, 2.24) is 8.47 Å². The zero-order valence-corrected chi connectivity index (χ0v) is 27.3. The molecule has 4 heteroatoms. The maximum absolute atomic E-state index is 2.75. The molecule has 0 unspecified atom stereocenters. The predicted molar refractivity (Wildman–Crippen MR) is 182 cm³/mol. The van der Waals surface area contributed by atoms with Gasteiger partial charge in [0.2, 0.25) is 0 Å². The molecule has 0 fully saturated rings. The summed E-state index contributed by atoms with van der Waals surface area (Å²) in [6, 6.07) is 30.6. The monoisotopic (exact) mass is 566 g/mol. The number of hydrogen-bond acceptors (Lipinski definition) is 0. The Balaban J connectivity index is 1.29. The Bertz CT molecular complexity index is 2080. The molecule has 2 nitrogen and oxygen atoms in total. The van der Waals surface area contributed by atoms with Crippen LogP contribution in [0.5, 0.6) is 0 Å². The normalized spacial score (nSPS) is 14.0. The van der Waals surface area contributed by atoms with Crippen LogP contribution in [-0.2, 0) is 12.8 Å². The van der Waals surface area contributed by atoms with Gasteiger partial charge in [-0.05, 0) is 58.5 Å². The quantitative estimate of drug-likeness (QED) is 0.188. The number of aryl methyl sites for hydroxylation is 1. The van der Waals surface area contributed by atoms with E-state index in [9.17, 15) is 0 Å². The van der Waals surface area contributed by atoms with Crippen LogP contribution >= 0.6 is 0 Å². The van der Waals surface area contributed by atoms with E-state index >= 15 is 0 Å². The van der Waals surface area contributed by atoms with Gasteiger partial charge in [-0.15, -0.1) is 0 Å². The van der Waals surface area contributed by atoms with Crippen molar-refractivity contribution in [3.05, 3.63) is 107 Å². The second-order valence-corrected chi connectivity index (χ2v) is 23.9. The average Bonchev–Trinajstić information content (AvgIpc) is 3.62. The molecule has 0 saturated heterocycles. The van der Waals surface area contributed by atoms with Crippen LogP contribution in [0.2, 0.25) is 39.3 Å². The van der Waals surface area contributed by atoms with Crippen molar-refractivity contribution >= 4 is 38.3 Å². The Kier molecular flexibility index (Phi) is 5.05. The summed E-state index contributed by atoms with van der Waals surface area (Å²) in [5, 5.41) is 2.84. The van der Waals surface area contributed by atoms with Crippen molar-refractivity contribution in [2.75, 3.05) is 0 Å². The summed E-state index contributed by atoms with van der Waals surface area (Å²) >= 11 is 0. The second kappa shape index (κ2) is 8.24. The van der Waals surface area contributed by atoms with Gasteiger partial charge in [0.05, 0.1) is 0 Å². The molecule has 0 aliphatic heterocycles. The third kappa shape index (κ3) is 3.53. The average molecular weight is 567 g/mol. The van der Waals surface area contributed by atoms with Crippen LogP contribution in [-0.4, -0.2) is 24.9 Å². The molecule has 0 amide bonds. The van der Waals surface area contributed by atoms with Gasteiger partial charge in [0.1, 0.15) is 0 Å². The molecule has 6 aromatic rings. The standard InChI is InChI=1S/C37H38N2Si2/c1-23-12-17-32-31(18-23)37-29-15-13-24(19-27(29)22-35(37)38(32)40(2,3)4)25-14-16-30-33(20-25)39(41(5,6)7)34-21-26-10-8-9-11-28(26)36(30)34/h8-20H,21-22H2,1-7H3. The van der Waals surface area contributed by atoms with E-state index in [-0.39, 0.29) is 0 Å². The Labute approximate surface area is 245 Å². The number of benzene rings is 4. The number of rotatable bonds is 3. The van der Waals surface area contributed by atoms with E-state index in [4.69, 9.17) is 0 Å². The lowest BCUT2D eigenvalue weighted by Gasteiger charge is -2.24. The number of nitrogens with zero attached hydrogens (tertiary/aromatic N) is 2. The van der Waals surface area contributed by atoms with Crippen LogP contribution in [0.25, 0.3) is 55.2 Å². The van der Waals surface area contributed by atoms with Crippen LogP contribution < -0.4 is 0 Å². The minimum absolute atomic E-state index is 1.02. The van der Waals surface area contributed by atoms with Crippen molar-refractivity contribution in [2.45, 2.75) is 59.0 Å². The molecular weight excluding hydrogens is 529 g/mol. The van der Waals surface area contributed by atoms with E-state index in [0.29, 0.717) is 0 Å². The lowest BCUT2D eigenvalue weighted by Crippen LogP contribution is -2.33. The molecule has 2 aliphatic carbocycles. The zero-order chi connectivity index (χ0) is 28.4. The third-order valence-corrected chi connectivity index (χ3v) is 13.0. The summed E-state index contributed by atoms with van der Waals surface area (Å²) < 4.78 is 5.47. The van der Waals surface area contributed by atoms with E-state index < -0.39 is 16.5 Å². The van der Waals surface area contributed by atoms with Gasteiger partial charge >= 0.3 is 0 Å². The second-order valence-electron chi connectivity index (χ2n) is 14.3. The van der Waals surface area contributed by atoms with Crippen molar-refractivity contribution in [3.63, 3.8) is 0 Å². The van der Waals surface area contributed by atoms with E-state index in [1.54, 1.807) is 0 Å². The fourth-order valence-corrected chi connectivity index (χ4v) is 11.7. The summed E-state index contributed by atoms with van der Waals surface area (Å²) in [5.41, 5.74) is 18.6. The van der Waals surface area contributed by atoms with Crippen molar-refractivity contribution in [1.29, 1.82) is 0 Å². The summed E-state index contributed by atoms with van der Waals surface area (Å²) in [6.45, 7) is 17.1. The molecule has 2 aliphatic rings. The van der Waals surface area contributed by atoms with Gasteiger partial charge < -0.3 is 8.47 Å². The number of hydrogen-bond donors (Lipinski definition) is 0. The molecule has 0 bridgehead atoms. The molecule has 204 valence electrons. The largest absolute Gasteiger partial charge is 0.371 e. The van der Waals surface area contributed by atoms with E-state index in [1.807, 2.05) is 0 Å². The first-order valence-electron chi connectivity index (χ1n) is 15.0. The van der Waals surface area contributed by atoms with E-state index in [1.165, 1.54) is 83.3 Å². The van der Waals surface area contributed by atoms with Crippen LogP contribution in [0.3, 0.4) is 0 Å². The molecule has 2 heterocycles. The summed E-state index contributed by atoms with van der Waals surface area (Å²) in [5.74, 6) is 0. The summed E-state index contributed by atoms with van der Waals surface area (Å²) in [4.78, 5) is 0. The van der Waals surface area contributed by atoms with Crippen molar-refractivity contribution < 1.29 is 0 Å². The topological polar surface area (TPSA) is 9.86 Å². The van der Waals surface area contributed by atoms with Gasteiger partial charge in [0.15, 0.2) is 16.5 Å². The Morgan fingerprint density at radius 1 is 0.537 bits per heavy atom. The lowest BCUT2D eigenvalue weighted by atomic mass is 9.96. The van der Waals surface area contributed by atoms with E-state index in [0.717, 1.165) is 12.8 Å². The highest BCUT2D eigenvalue weighted by atomic mass is 28.3. The van der Waals surface area contributed by atoms with Gasteiger partial charge in [-0.1, -0.05) is 106 Å². The highest BCUT2D eigenvalue weighted by Crippen LogP contribution is 2.48. The first-order valence-corrected chi connectivity index (χ1v) is 21.9. The van der Waals surface area contributed by atoms with Gasteiger partial charge in [0, 0.05) is 57.2 Å². The molecule has 0 radical (unpaired) electrons. The van der Waals surface area contributed by atoms with Crippen molar-refractivity contribution in [3.8, 4) is 33.4 Å². The highest BCUT2D eigenvalue weighted by molar-refractivity contribution is 6.76. The number of fused-ring (bicyclic) bond motifs is 10. The van der Waals surface area contributed by atoms with Gasteiger partial charge in [0.25, 0.3) is 0 Å². The minimum atomic E-state index is -1.65. The SMILES string of the molecule is Cc1ccc2c(c1)c1c(n2[Si](C)(C)C)Cc2cc(-c3ccc4c5c(n([Si](C)(C)C)c4c3)Cc3ccccc3-5)ccc2-1. The van der Waals surface area contributed by atoms with E-state index in [2.05, 4.69) is 134 Å². The van der Waals surface area contributed by atoms with Crippen LogP contribution in [0, 0.1) is 6.92 Å². The fourth-order valence-electron chi connectivity index (χ4n) is 7.89. The Morgan fingerprint density at radius 3 is 1.90 bits per heavy atom. The summed E-state index contributed by atoms with van der Waals surface area (Å²) in [6.07, 6.45) is 2.07. The maximum Gasteiger partial charge on any atom is 0.153 e. The lowest BCUT2D eigenvalue weighted by molar-refractivity contribution is 1.05. The molecule has 0 N–H and O–H groups in total. The molecule has 0 saturated carbocycles. The third-order valence-electron chi connectivity index (χ3n) is 9.34. The summed E-state index contributed by atoms with van der Waals surface area (Å²) in [7, 11) is -3.25. The number of aromatic nitrogens is 2. The molecule has 41 heavy (non-hydrogen) atoms. The molecule has 0 spiro atoms. The Morgan fingerprint density at radius 2 is 1.15 bits per heavy atom. The van der Waals surface area contributed by atoms with Gasteiger partial charge in [-0.3, -0.25) is 0 Å². The maximum atomic E-state index is 2.75. The van der Waals surface area contributed by atoms with Crippen LogP contribution in [0.15, 0.2) is 78.9 Å². The van der Waals surface area contributed by atoms with Gasteiger partial charge in [-0.2, -0.15) is 0 Å². The Hall–Kier alpha value is -3.61. The van der Waals surface area contributed by atoms with Crippen LogP contribution in [0.4, 0.5) is 0 Å². The molecule has 8 rings (SSSR count).